The van der Waals surface area contributed by atoms with Crippen LogP contribution >= 0.6 is 21.2 Å². The minimum atomic E-state index is -3.53. The van der Waals surface area contributed by atoms with Gasteiger partial charge in [-0.2, -0.15) is 5.26 Å². The van der Waals surface area contributed by atoms with Gasteiger partial charge in [0.2, 0.25) is 0 Å². The lowest BCUT2D eigenvalue weighted by atomic mass is 9.94. The number of benzene rings is 1. The van der Waals surface area contributed by atoms with Crippen molar-refractivity contribution in [2.24, 2.45) is 0 Å². The Kier molecular flexibility index (Phi) is 5.27. The molecule has 0 bridgehead atoms. The van der Waals surface area contributed by atoms with Crippen molar-refractivity contribution in [2.45, 2.75) is 18.5 Å². The minimum absolute atomic E-state index is 0.0719. The molecule has 1 saturated heterocycles. The van der Waals surface area contributed by atoms with Crippen LogP contribution in [0.15, 0.2) is 18.5 Å². The highest BCUT2D eigenvalue weighted by molar-refractivity contribution is 14.2. The number of alkyl halides is 1. The number of fused-ring (bicyclic) bond motifs is 1. The summed E-state index contributed by atoms with van der Waals surface area (Å²) in [6.07, 6.45) is 1.96. The van der Waals surface area contributed by atoms with Crippen molar-refractivity contribution in [3.63, 3.8) is 0 Å². The van der Waals surface area contributed by atoms with Crippen molar-refractivity contribution in [3.05, 3.63) is 29.8 Å². The normalized spacial score (nSPS) is 20.9. The molecule has 1 N–H and O–H groups in total. The van der Waals surface area contributed by atoms with E-state index in [0.29, 0.717) is 29.7 Å². The molecule has 2 heterocycles. The van der Waals surface area contributed by atoms with Crippen LogP contribution in [0, 0.1) is 17.1 Å². The van der Waals surface area contributed by atoms with Crippen molar-refractivity contribution in [2.75, 3.05) is 24.5 Å². The molecule has 138 valence electrons. The standard InChI is InChI=1S/C15H14F2IN5O2S/c16-12-5-13-11(4-10(12)6-19)14(21-9-20-13)23-3-1-2-15(17,8-23)7-22-26(18,24)25/h4-5,9,22H,1-3,7-8H2. The predicted octanol–water partition coefficient (Wildman–Crippen LogP) is 2.22. The summed E-state index contributed by atoms with van der Waals surface area (Å²) in [5.74, 6) is -0.287. The van der Waals surface area contributed by atoms with E-state index in [4.69, 9.17) is 5.26 Å². The number of hydrogen-bond acceptors (Lipinski definition) is 6. The van der Waals surface area contributed by atoms with Crippen LogP contribution in [0.2, 0.25) is 0 Å². The molecule has 1 aliphatic rings. The number of piperidine rings is 1. The summed E-state index contributed by atoms with van der Waals surface area (Å²) in [5.41, 5.74) is -1.59. The molecular formula is C15H14F2IN5O2S. The van der Waals surface area contributed by atoms with Gasteiger partial charge >= 0.3 is 0 Å². The first-order valence-corrected chi connectivity index (χ1v) is 11.7. The van der Waals surface area contributed by atoms with Crippen molar-refractivity contribution >= 4 is 45.1 Å². The SMILES string of the molecule is N#Cc1cc2c(N3CCCC(F)(CNS(=O)(=O)I)C3)ncnc2cc1F. The van der Waals surface area contributed by atoms with Crippen LogP contribution in [-0.2, 0) is 7.19 Å². The molecule has 0 radical (unpaired) electrons. The largest absolute Gasteiger partial charge is 0.353 e. The molecule has 1 fully saturated rings. The fourth-order valence-corrected chi connectivity index (χ4v) is 3.93. The van der Waals surface area contributed by atoms with Gasteiger partial charge < -0.3 is 4.90 Å². The highest BCUT2D eigenvalue weighted by Gasteiger charge is 2.37. The first-order valence-electron chi connectivity index (χ1n) is 7.68. The van der Waals surface area contributed by atoms with E-state index >= 15 is 4.39 Å². The van der Waals surface area contributed by atoms with Gasteiger partial charge in [0.15, 0.2) is 0 Å². The topological polar surface area (TPSA) is 99.0 Å². The summed E-state index contributed by atoms with van der Waals surface area (Å²) < 4.78 is 53.6. The van der Waals surface area contributed by atoms with E-state index in [9.17, 15) is 12.8 Å². The van der Waals surface area contributed by atoms with Gasteiger partial charge in [-0.1, -0.05) is 0 Å². The quantitative estimate of drug-likeness (QED) is 0.518. The Bertz CT molecular complexity index is 997. The molecular weight excluding hydrogens is 479 g/mol. The number of aromatic nitrogens is 2. The van der Waals surface area contributed by atoms with E-state index in [2.05, 4.69) is 14.7 Å². The Labute approximate surface area is 161 Å². The lowest BCUT2D eigenvalue weighted by Gasteiger charge is -2.38. The number of anilines is 1. The van der Waals surface area contributed by atoms with Gasteiger partial charge in [0.1, 0.15) is 29.7 Å². The molecule has 2 aromatic rings. The molecule has 1 aliphatic heterocycles. The molecule has 1 unspecified atom stereocenters. The van der Waals surface area contributed by atoms with E-state index in [-0.39, 0.29) is 25.1 Å². The third-order valence-electron chi connectivity index (χ3n) is 4.21. The third-order valence-corrected chi connectivity index (χ3v) is 5.63. The fraction of sp³-hybridized carbons (Fsp3) is 0.400. The smallest absolute Gasteiger partial charge is 0.265 e. The van der Waals surface area contributed by atoms with Gasteiger partial charge in [-0.05, 0) is 18.9 Å². The van der Waals surface area contributed by atoms with Crippen LogP contribution in [-0.4, -0.2) is 43.7 Å². The summed E-state index contributed by atoms with van der Waals surface area (Å²) >= 11 is 1.21. The van der Waals surface area contributed by atoms with Crippen LogP contribution in [0.1, 0.15) is 18.4 Å². The number of nitrogens with one attached hydrogen (secondary N) is 1. The summed E-state index contributed by atoms with van der Waals surface area (Å²) in [4.78, 5) is 9.87. The van der Waals surface area contributed by atoms with Crippen molar-refractivity contribution < 1.29 is 17.2 Å². The summed E-state index contributed by atoms with van der Waals surface area (Å²) in [5, 5.41) is 9.49. The zero-order chi connectivity index (χ0) is 18.9. The zero-order valence-electron chi connectivity index (χ0n) is 13.4. The van der Waals surface area contributed by atoms with Gasteiger partial charge in [-0.25, -0.2) is 31.9 Å². The summed E-state index contributed by atoms with van der Waals surface area (Å²) in [7, 11) is -3.53. The Morgan fingerprint density at radius 2 is 2.19 bits per heavy atom. The van der Waals surface area contributed by atoms with Crippen LogP contribution in [0.5, 0.6) is 0 Å². The molecule has 26 heavy (non-hydrogen) atoms. The second kappa shape index (κ2) is 7.16. The number of rotatable bonds is 4. The van der Waals surface area contributed by atoms with Crippen LogP contribution in [0.25, 0.3) is 10.9 Å². The molecule has 7 nitrogen and oxygen atoms in total. The number of nitrogens with zero attached hydrogens (tertiary/aromatic N) is 4. The van der Waals surface area contributed by atoms with Gasteiger partial charge in [0.25, 0.3) is 7.19 Å². The third kappa shape index (κ3) is 4.18. The van der Waals surface area contributed by atoms with Gasteiger partial charge in [0, 0.05) is 24.5 Å². The predicted molar refractivity (Wildman–Crippen MR) is 100 cm³/mol. The molecule has 1 aromatic carbocycles. The zero-order valence-corrected chi connectivity index (χ0v) is 16.4. The average molecular weight is 493 g/mol. The molecule has 3 rings (SSSR count). The van der Waals surface area contributed by atoms with Gasteiger partial charge in [-0.3, -0.25) is 0 Å². The van der Waals surface area contributed by atoms with Crippen LogP contribution in [0.4, 0.5) is 14.6 Å². The van der Waals surface area contributed by atoms with Crippen molar-refractivity contribution in [1.29, 1.82) is 5.26 Å². The Hall–Kier alpha value is -1.65. The highest BCUT2D eigenvalue weighted by atomic mass is 127. The molecule has 1 aromatic heterocycles. The lowest BCUT2D eigenvalue weighted by molar-refractivity contribution is 0.141. The first kappa shape index (κ1) is 19.1. The minimum Gasteiger partial charge on any atom is -0.353 e. The Balaban J connectivity index is 1.94. The van der Waals surface area contributed by atoms with Gasteiger partial charge in [0.05, 0.1) is 38.8 Å². The molecule has 0 amide bonds. The molecule has 0 aliphatic carbocycles. The maximum absolute atomic E-state index is 15.1. The van der Waals surface area contributed by atoms with Crippen molar-refractivity contribution in [3.8, 4) is 6.07 Å². The van der Waals surface area contributed by atoms with E-state index in [1.54, 1.807) is 11.0 Å². The molecule has 11 heteroatoms. The van der Waals surface area contributed by atoms with Crippen molar-refractivity contribution in [1.82, 2.24) is 14.7 Å². The highest BCUT2D eigenvalue weighted by Crippen LogP contribution is 2.32. The lowest BCUT2D eigenvalue weighted by Crippen LogP contribution is -2.51. The summed E-state index contributed by atoms with van der Waals surface area (Å²) in [6.45, 7) is 0.0986. The second-order valence-corrected chi connectivity index (χ2v) is 10.7. The number of nitriles is 1. The Morgan fingerprint density at radius 1 is 1.42 bits per heavy atom. The second-order valence-electron chi connectivity index (χ2n) is 6.09. The number of halogens is 3. The number of hydrogen-bond donors (Lipinski definition) is 1. The monoisotopic (exact) mass is 493 g/mol. The molecule has 0 spiro atoms. The molecule has 1 atom stereocenters. The maximum Gasteiger partial charge on any atom is 0.265 e. The van der Waals surface area contributed by atoms with Gasteiger partial charge in [-0.15, -0.1) is 0 Å². The van der Waals surface area contributed by atoms with E-state index < -0.39 is 18.7 Å². The van der Waals surface area contributed by atoms with E-state index in [1.165, 1.54) is 33.6 Å². The van der Waals surface area contributed by atoms with Crippen LogP contribution in [0.3, 0.4) is 0 Å². The molecule has 0 saturated carbocycles. The fourth-order valence-electron chi connectivity index (χ4n) is 3.03. The first-order chi connectivity index (χ1) is 12.2. The van der Waals surface area contributed by atoms with Crippen LogP contribution < -0.4 is 9.62 Å². The Morgan fingerprint density at radius 3 is 2.88 bits per heavy atom. The maximum atomic E-state index is 15.1. The summed E-state index contributed by atoms with van der Waals surface area (Å²) in [6, 6.07) is 4.27. The van der Waals surface area contributed by atoms with E-state index in [0.717, 1.165) is 6.07 Å². The average Bonchev–Trinajstić information content (AvgIpc) is 2.58. The van der Waals surface area contributed by atoms with E-state index in [1.807, 2.05) is 0 Å².